The van der Waals surface area contributed by atoms with Crippen molar-refractivity contribution in [3.05, 3.63) is 12.7 Å². The zero-order valence-corrected chi connectivity index (χ0v) is 17.6. The Morgan fingerprint density at radius 2 is 1.30 bits per heavy atom. The number of nitrogens with one attached hydrogen (secondary N) is 1. The third-order valence-electron chi connectivity index (χ3n) is 4.45. The largest absolute Gasteiger partial charge is 0.464 e. The number of esters is 1. The maximum atomic E-state index is 12.1. The first-order valence-corrected chi connectivity index (χ1v) is 10.9. The molecule has 1 amide bonds. The van der Waals surface area contributed by atoms with Crippen LogP contribution in [0.15, 0.2) is 12.7 Å². The van der Waals surface area contributed by atoms with Gasteiger partial charge in [0, 0.05) is 0 Å². The fourth-order valence-electron chi connectivity index (χ4n) is 2.77. The Bertz CT molecular complexity index is 385. The maximum Gasteiger partial charge on any atom is 0.407 e. The lowest BCUT2D eigenvalue weighted by Crippen LogP contribution is -2.42. The first kappa shape index (κ1) is 25.5. The van der Waals surface area contributed by atoms with E-state index < -0.39 is 18.1 Å². The quantitative estimate of drug-likeness (QED) is 0.181. The number of amides is 1. The van der Waals surface area contributed by atoms with Gasteiger partial charge < -0.3 is 14.8 Å². The van der Waals surface area contributed by atoms with Crippen LogP contribution in [0, 0.1) is 0 Å². The van der Waals surface area contributed by atoms with E-state index in [9.17, 15) is 9.59 Å². The Hall–Kier alpha value is -1.52. The molecule has 5 nitrogen and oxygen atoms in total. The van der Waals surface area contributed by atoms with E-state index in [1.165, 1.54) is 51.4 Å². The van der Waals surface area contributed by atoms with E-state index in [1.54, 1.807) is 6.08 Å². The normalized spacial score (nSPS) is 11.6. The van der Waals surface area contributed by atoms with Crippen molar-refractivity contribution in [3.63, 3.8) is 0 Å². The van der Waals surface area contributed by atoms with Crippen molar-refractivity contribution in [1.82, 2.24) is 5.32 Å². The third kappa shape index (κ3) is 16.4. The Morgan fingerprint density at radius 1 is 0.815 bits per heavy atom. The van der Waals surface area contributed by atoms with Crippen molar-refractivity contribution < 1.29 is 19.1 Å². The van der Waals surface area contributed by atoms with Gasteiger partial charge >= 0.3 is 12.1 Å². The number of unbranched alkanes of at least 4 members (excludes halogenated alkanes) is 10. The lowest BCUT2D eigenvalue weighted by Gasteiger charge is -2.16. The molecule has 0 bridgehead atoms. The molecule has 0 aromatic heterocycles. The molecule has 27 heavy (non-hydrogen) atoms. The molecule has 0 aliphatic carbocycles. The van der Waals surface area contributed by atoms with Crippen LogP contribution in [0.5, 0.6) is 0 Å². The second-order valence-electron chi connectivity index (χ2n) is 7.06. The number of hydrogen-bond acceptors (Lipinski definition) is 4. The van der Waals surface area contributed by atoms with Gasteiger partial charge in [-0.05, 0) is 19.3 Å². The summed E-state index contributed by atoms with van der Waals surface area (Å²) in [6, 6.07) is -0.723. The molecule has 0 saturated heterocycles. The predicted octanol–water partition coefficient (Wildman–Crippen LogP) is 5.92. The van der Waals surface area contributed by atoms with Crippen LogP contribution >= 0.6 is 0 Å². The van der Waals surface area contributed by atoms with Gasteiger partial charge in [-0.15, -0.1) is 6.58 Å². The number of hydrogen-bond donors (Lipinski definition) is 1. The highest BCUT2D eigenvalue weighted by molar-refractivity contribution is 5.81. The summed E-state index contributed by atoms with van der Waals surface area (Å²) in [5.41, 5.74) is 0. The minimum atomic E-state index is -0.723. The molecule has 0 fully saturated rings. The van der Waals surface area contributed by atoms with Gasteiger partial charge in [-0.1, -0.05) is 84.1 Å². The van der Waals surface area contributed by atoms with Crippen LogP contribution in [0.4, 0.5) is 4.79 Å². The lowest BCUT2D eigenvalue weighted by atomic mass is 10.1. The van der Waals surface area contributed by atoms with Crippen LogP contribution in [0.1, 0.15) is 97.3 Å². The summed E-state index contributed by atoms with van der Waals surface area (Å²) in [5, 5.41) is 2.59. The molecule has 0 aromatic rings. The topological polar surface area (TPSA) is 64.6 Å². The number of ether oxygens (including phenoxy) is 2. The molecule has 1 unspecified atom stereocenters. The third-order valence-corrected chi connectivity index (χ3v) is 4.45. The summed E-state index contributed by atoms with van der Waals surface area (Å²) in [5.74, 6) is -0.417. The second-order valence-corrected chi connectivity index (χ2v) is 7.06. The first-order valence-electron chi connectivity index (χ1n) is 10.9. The molecule has 158 valence electrons. The molecule has 0 heterocycles. The van der Waals surface area contributed by atoms with Crippen LogP contribution in [0.25, 0.3) is 0 Å². The Labute approximate surface area is 166 Å². The Balaban J connectivity index is 3.89. The zero-order valence-electron chi connectivity index (χ0n) is 17.6. The maximum absolute atomic E-state index is 12.1. The second kappa shape index (κ2) is 19.2. The van der Waals surface area contributed by atoms with Crippen molar-refractivity contribution in [2.75, 3.05) is 13.2 Å². The molecular weight excluding hydrogens is 342 g/mol. The molecule has 5 heteroatoms. The summed E-state index contributed by atoms with van der Waals surface area (Å²) >= 11 is 0. The summed E-state index contributed by atoms with van der Waals surface area (Å²) in [6.07, 6.45) is 15.0. The lowest BCUT2D eigenvalue weighted by molar-refractivity contribution is -0.146. The molecule has 0 aromatic carbocycles. The van der Waals surface area contributed by atoms with Crippen molar-refractivity contribution in [2.45, 2.75) is 103 Å². The Morgan fingerprint density at radius 3 is 1.81 bits per heavy atom. The summed E-state index contributed by atoms with van der Waals surface area (Å²) < 4.78 is 10.5. The predicted molar refractivity (Wildman–Crippen MR) is 111 cm³/mol. The monoisotopic (exact) mass is 383 g/mol. The smallest absolute Gasteiger partial charge is 0.407 e. The van der Waals surface area contributed by atoms with Crippen LogP contribution in [-0.4, -0.2) is 31.3 Å². The average Bonchev–Trinajstić information content (AvgIpc) is 2.66. The number of alkyl carbamates (subject to hydrolysis) is 1. The van der Waals surface area contributed by atoms with E-state index >= 15 is 0 Å². The van der Waals surface area contributed by atoms with Crippen LogP contribution in [0.2, 0.25) is 0 Å². The highest BCUT2D eigenvalue weighted by Gasteiger charge is 2.21. The fourth-order valence-corrected chi connectivity index (χ4v) is 2.77. The van der Waals surface area contributed by atoms with E-state index in [0.29, 0.717) is 19.6 Å². The molecule has 0 aliphatic rings. The highest BCUT2D eigenvalue weighted by Crippen LogP contribution is 2.07. The van der Waals surface area contributed by atoms with Crippen molar-refractivity contribution in [3.8, 4) is 0 Å². The summed E-state index contributed by atoms with van der Waals surface area (Å²) in [4.78, 5) is 24.0. The van der Waals surface area contributed by atoms with Crippen LogP contribution in [-0.2, 0) is 14.3 Å². The van der Waals surface area contributed by atoms with E-state index in [2.05, 4.69) is 25.7 Å². The SMILES string of the molecule is C=CCC(NC(=O)OCCCCCCCC)C(=O)OCCCCCCCC. The average molecular weight is 384 g/mol. The zero-order chi connectivity index (χ0) is 20.2. The standard InChI is InChI=1S/C22H41NO4/c1-4-7-9-11-13-15-18-26-21(24)20(17-6-3)23-22(25)27-19-16-14-12-10-8-5-2/h6,20H,3-5,7-19H2,1-2H3,(H,23,25). The van der Waals surface area contributed by atoms with Crippen molar-refractivity contribution in [1.29, 1.82) is 0 Å². The molecule has 0 spiro atoms. The minimum absolute atomic E-state index is 0.335. The van der Waals surface area contributed by atoms with Crippen LogP contribution < -0.4 is 5.32 Å². The van der Waals surface area contributed by atoms with Gasteiger partial charge in [0.2, 0.25) is 0 Å². The fraction of sp³-hybridized carbons (Fsp3) is 0.818. The van der Waals surface area contributed by atoms with Crippen molar-refractivity contribution >= 4 is 12.1 Å². The van der Waals surface area contributed by atoms with Crippen molar-refractivity contribution in [2.24, 2.45) is 0 Å². The van der Waals surface area contributed by atoms with E-state index in [0.717, 1.165) is 25.7 Å². The van der Waals surface area contributed by atoms with Crippen LogP contribution in [0.3, 0.4) is 0 Å². The van der Waals surface area contributed by atoms with Gasteiger partial charge in [-0.25, -0.2) is 9.59 Å². The van der Waals surface area contributed by atoms with Gasteiger partial charge in [0.25, 0.3) is 0 Å². The van der Waals surface area contributed by atoms with E-state index in [-0.39, 0.29) is 0 Å². The van der Waals surface area contributed by atoms with E-state index in [1.807, 2.05) is 0 Å². The molecule has 0 saturated carbocycles. The minimum Gasteiger partial charge on any atom is -0.464 e. The number of rotatable bonds is 18. The van der Waals surface area contributed by atoms with E-state index in [4.69, 9.17) is 9.47 Å². The number of carbonyl (C=O) groups excluding carboxylic acids is 2. The summed E-state index contributed by atoms with van der Waals surface area (Å²) in [7, 11) is 0. The highest BCUT2D eigenvalue weighted by atomic mass is 16.6. The molecular formula is C22H41NO4. The molecule has 0 radical (unpaired) electrons. The van der Waals surface area contributed by atoms with Gasteiger partial charge in [-0.3, -0.25) is 0 Å². The van der Waals surface area contributed by atoms with Gasteiger partial charge in [0.05, 0.1) is 13.2 Å². The Kier molecular flexibility index (Phi) is 18.2. The molecule has 1 N–H and O–H groups in total. The van der Waals surface area contributed by atoms with Gasteiger partial charge in [-0.2, -0.15) is 0 Å². The van der Waals surface area contributed by atoms with Gasteiger partial charge in [0.15, 0.2) is 0 Å². The van der Waals surface area contributed by atoms with Gasteiger partial charge in [0.1, 0.15) is 6.04 Å². The number of carbonyl (C=O) groups is 2. The summed E-state index contributed by atoms with van der Waals surface area (Å²) in [6.45, 7) is 8.79. The molecule has 1 atom stereocenters. The molecule has 0 rings (SSSR count). The molecule has 0 aliphatic heterocycles. The first-order chi connectivity index (χ1) is 13.2.